The van der Waals surface area contributed by atoms with E-state index in [2.05, 4.69) is 44.1 Å². The van der Waals surface area contributed by atoms with E-state index < -0.39 is 8.32 Å². The van der Waals surface area contributed by atoms with Gasteiger partial charge in [-0.05, 0) is 61.6 Å². The molecule has 2 aliphatic rings. The lowest BCUT2D eigenvalue weighted by Crippen LogP contribution is -2.48. The Morgan fingerprint density at radius 3 is 2.35 bits per heavy atom. The highest BCUT2D eigenvalue weighted by molar-refractivity contribution is 7.16. The first-order chi connectivity index (χ1) is 10.6. The van der Waals surface area contributed by atoms with Crippen molar-refractivity contribution in [3.8, 4) is 5.19 Å². The van der Waals surface area contributed by atoms with E-state index in [9.17, 15) is 0 Å². The van der Waals surface area contributed by atoms with Crippen LogP contribution in [0.2, 0.25) is 18.1 Å². The van der Waals surface area contributed by atoms with Crippen LogP contribution in [0.1, 0.15) is 52.9 Å². The Morgan fingerprint density at radius 1 is 1.17 bits per heavy atom. The van der Waals surface area contributed by atoms with Crippen LogP contribution in [-0.4, -0.2) is 30.7 Å². The topological polar surface area (TPSA) is 70.3 Å². The van der Waals surface area contributed by atoms with Crippen LogP contribution in [0.5, 0.6) is 5.19 Å². The first kappa shape index (κ1) is 17.2. The highest BCUT2D eigenvalue weighted by Gasteiger charge is 2.58. The van der Waals surface area contributed by atoms with Crippen LogP contribution in [0, 0.1) is 5.41 Å². The first-order valence-corrected chi connectivity index (χ1v) is 12.2. The number of ether oxygens (including phenoxy) is 1. The Balaban J connectivity index is 1.64. The zero-order valence-corrected chi connectivity index (χ0v) is 16.8. The quantitative estimate of drug-likeness (QED) is 0.801. The minimum atomic E-state index is -1.73. The van der Waals surface area contributed by atoms with Gasteiger partial charge in [-0.1, -0.05) is 25.9 Å². The zero-order chi connectivity index (χ0) is 16.9. The molecule has 1 aromatic heterocycles. The third kappa shape index (κ3) is 3.28. The number of aromatic nitrogens is 2. The van der Waals surface area contributed by atoms with Gasteiger partial charge < -0.3 is 14.9 Å². The van der Waals surface area contributed by atoms with E-state index in [0.29, 0.717) is 16.9 Å². The van der Waals surface area contributed by atoms with Gasteiger partial charge in [-0.3, -0.25) is 0 Å². The number of rotatable bonds is 5. The van der Waals surface area contributed by atoms with Crippen LogP contribution in [0.15, 0.2) is 0 Å². The predicted octanol–water partition coefficient (Wildman–Crippen LogP) is 4.22. The maximum absolute atomic E-state index is 6.86. The third-order valence-corrected chi connectivity index (χ3v) is 11.3. The monoisotopic (exact) mass is 355 g/mol. The number of nitrogens with zero attached hydrogens (tertiary/aromatic N) is 2. The fourth-order valence-electron chi connectivity index (χ4n) is 3.79. The second-order valence-corrected chi connectivity index (χ2v) is 14.6. The molecule has 2 aliphatic carbocycles. The fraction of sp³-hybridized carbons (Fsp3) is 0.875. The smallest absolute Gasteiger partial charge is 0.295 e. The summed E-state index contributed by atoms with van der Waals surface area (Å²) in [6, 6.07) is 0. The lowest BCUT2D eigenvalue weighted by Gasteiger charge is -2.43. The summed E-state index contributed by atoms with van der Waals surface area (Å²) in [5, 5.41) is 9.09. The van der Waals surface area contributed by atoms with Crippen LogP contribution >= 0.6 is 11.3 Å². The maximum Gasteiger partial charge on any atom is 0.295 e. The molecule has 5 nitrogen and oxygen atoms in total. The van der Waals surface area contributed by atoms with Crippen molar-refractivity contribution in [2.24, 2.45) is 5.41 Å². The Hall–Kier alpha value is -0.663. The summed E-state index contributed by atoms with van der Waals surface area (Å²) in [5.74, 6) is 0. The zero-order valence-electron chi connectivity index (χ0n) is 14.9. The molecular formula is C16H29N3O2SSi. The SMILES string of the molecule is CC(C)(C)[Si](C)(C)OC12CCC(COc3nnc(N)s3)(CC1)C2. The summed E-state index contributed by atoms with van der Waals surface area (Å²) in [5.41, 5.74) is 5.96. The lowest BCUT2D eigenvalue weighted by atomic mass is 9.85. The summed E-state index contributed by atoms with van der Waals surface area (Å²) in [6.07, 6.45) is 5.84. The molecule has 7 heteroatoms. The van der Waals surface area contributed by atoms with Crippen molar-refractivity contribution < 1.29 is 9.16 Å². The molecule has 23 heavy (non-hydrogen) atoms. The van der Waals surface area contributed by atoms with Crippen LogP contribution in [0.25, 0.3) is 0 Å². The molecule has 2 N–H and O–H groups in total. The van der Waals surface area contributed by atoms with E-state index >= 15 is 0 Å². The van der Waals surface area contributed by atoms with Gasteiger partial charge >= 0.3 is 0 Å². The Labute approximate surface area is 144 Å². The maximum atomic E-state index is 6.86. The highest BCUT2D eigenvalue weighted by Crippen LogP contribution is 2.60. The molecule has 2 saturated carbocycles. The van der Waals surface area contributed by atoms with Crippen LogP contribution in [0.4, 0.5) is 5.13 Å². The molecule has 2 fully saturated rings. The Morgan fingerprint density at radius 2 is 1.83 bits per heavy atom. The van der Waals surface area contributed by atoms with Gasteiger partial charge in [0.1, 0.15) is 0 Å². The van der Waals surface area contributed by atoms with Crippen molar-refractivity contribution >= 4 is 24.8 Å². The molecule has 3 rings (SSSR count). The lowest BCUT2D eigenvalue weighted by molar-refractivity contribution is 0.0640. The normalized spacial score (nSPS) is 30.8. The van der Waals surface area contributed by atoms with Crippen molar-refractivity contribution in [2.45, 2.75) is 76.6 Å². The molecule has 0 unspecified atom stereocenters. The molecule has 0 saturated heterocycles. The van der Waals surface area contributed by atoms with Gasteiger partial charge in [0, 0.05) is 5.41 Å². The number of fused-ring (bicyclic) bond motifs is 2. The van der Waals surface area contributed by atoms with Gasteiger partial charge in [-0.2, -0.15) is 0 Å². The van der Waals surface area contributed by atoms with E-state index in [1.54, 1.807) is 0 Å². The number of anilines is 1. The average molecular weight is 356 g/mol. The number of nitrogen functional groups attached to an aromatic ring is 1. The van der Waals surface area contributed by atoms with Crippen LogP contribution in [-0.2, 0) is 4.43 Å². The fourth-order valence-corrected chi connectivity index (χ4v) is 5.92. The molecule has 0 aliphatic heterocycles. The minimum Gasteiger partial charge on any atom is -0.468 e. The van der Waals surface area contributed by atoms with Gasteiger partial charge in [0.2, 0.25) is 5.13 Å². The van der Waals surface area contributed by atoms with Crippen molar-refractivity contribution in [1.29, 1.82) is 0 Å². The van der Waals surface area contributed by atoms with Gasteiger partial charge in [0.15, 0.2) is 8.32 Å². The highest BCUT2D eigenvalue weighted by atomic mass is 32.1. The molecule has 1 heterocycles. The molecule has 0 aromatic carbocycles. The van der Waals surface area contributed by atoms with Crippen molar-refractivity contribution in [3.05, 3.63) is 0 Å². The van der Waals surface area contributed by atoms with E-state index in [-0.39, 0.29) is 16.1 Å². The van der Waals surface area contributed by atoms with Crippen LogP contribution in [0.3, 0.4) is 0 Å². The van der Waals surface area contributed by atoms with Gasteiger partial charge in [-0.15, -0.1) is 5.10 Å². The van der Waals surface area contributed by atoms with Crippen molar-refractivity contribution in [2.75, 3.05) is 12.3 Å². The molecule has 0 atom stereocenters. The van der Waals surface area contributed by atoms with E-state index in [4.69, 9.17) is 14.9 Å². The Kier molecular flexibility index (Phi) is 4.05. The molecule has 0 amide bonds. The number of hydrogen-bond acceptors (Lipinski definition) is 6. The van der Waals surface area contributed by atoms with Gasteiger partial charge in [0.05, 0.1) is 12.2 Å². The van der Waals surface area contributed by atoms with Gasteiger partial charge in [-0.25, -0.2) is 0 Å². The molecule has 130 valence electrons. The summed E-state index contributed by atoms with van der Waals surface area (Å²) >= 11 is 1.32. The second-order valence-electron chi connectivity index (χ2n) is 8.92. The largest absolute Gasteiger partial charge is 0.468 e. The van der Waals surface area contributed by atoms with Crippen LogP contribution < -0.4 is 10.5 Å². The predicted molar refractivity (Wildman–Crippen MR) is 96.3 cm³/mol. The molecule has 2 bridgehead atoms. The number of nitrogens with two attached hydrogens (primary N) is 1. The molecule has 0 spiro atoms. The number of hydrogen-bond donors (Lipinski definition) is 1. The summed E-state index contributed by atoms with van der Waals surface area (Å²) < 4.78 is 12.8. The summed E-state index contributed by atoms with van der Waals surface area (Å²) in [6.45, 7) is 12.4. The van der Waals surface area contributed by atoms with E-state index in [1.165, 1.54) is 37.0 Å². The third-order valence-electron chi connectivity index (χ3n) is 6.12. The standard InChI is InChI=1S/C16H29N3O2SSi/c1-14(2,3)23(4,5)21-16-8-6-15(10-16,7-9-16)11-20-13-19-18-12(17)22-13/h6-11H2,1-5H3,(H2,17,18). The minimum absolute atomic E-state index is 0.0898. The molecule has 0 radical (unpaired) electrons. The van der Waals surface area contributed by atoms with E-state index in [1.807, 2.05) is 0 Å². The average Bonchev–Trinajstić information content (AvgIpc) is 3.08. The summed E-state index contributed by atoms with van der Waals surface area (Å²) in [7, 11) is -1.73. The molecular weight excluding hydrogens is 326 g/mol. The van der Waals surface area contributed by atoms with Gasteiger partial charge in [0.25, 0.3) is 5.19 Å². The van der Waals surface area contributed by atoms with E-state index in [0.717, 1.165) is 6.42 Å². The second kappa shape index (κ2) is 5.42. The van der Waals surface area contributed by atoms with Crippen molar-refractivity contribution in [1.82, 2.24) is 10.2 Å². The Bertz CT molecular complexity index is 574. The first-order valence-electron chi connectivity index (χ1n) is 8.47. The van der Waals surface area contributed by atoms with Crippen molar-refractivity contribution in [3.63, 3.8) is 0 Å². The molecule has 1 aromatic rings. The summed E-state index contributed by atoms with van der Waals surface area (Å²) in [4.78, 5) is 0.